The average Bonchev–Trinajstić information content (AvgIpc) is 2.87. The van der Waals surface area contributed by atoms with Gasteiger partial charge in [-0.25, -0.2) is 9.18 Å². The zero-order valence-electron chi connectivity index (χ0n) is 15.3. The minimum absolute atomic E-state index is 0.00444. The van der Waals surface area contributed by atoms with Crippen molar-refractivity contribution in [2.24, 2.45) is 0 Å². The third-order valence-corrected chi connectivity index (χ3v) is 4.13. The first-order chi connectivity index (χ1) is 12.8. The number of nitrogens with one attached hydrogen (secondary N) is 3. The van der Waals surface area contributed by atoms with Crippen molar-refractivity contribution in [2.45, 2.75) is 57.3 Å². The summed E-state index contributed by atoms with van der Waals surface area (Å²) >= 11 is 0. The number of aliphatic hydroxyl groups is 2. The molecule has 3 amide bonds. The van der Waals surface area contributed by atoms with Gasteiger partial charge in [0, 0.05) is 19.1 Å². The Hall–Kier alpha value is -2.23. The summed E-state index contributed by atoms with van der Waals surface area (Å²) in [5.41, 5.74) is 0.732. The van der Waals surface area contributed by atoms with Crippen LogP contribution in [-0.2, 0) is 16.1 Å². The number of carbonyl (C=O) groups is 2. The van der Waals surface area contributed by atoms with E-state index < -0.39 is 30.4 Å². The number of aliphatic hydroxyl groups excluding tert-OH is 2. The second-order valence-electron chi connectivity index (χ2n) is 6.81. The maximum absolute atomic E-state index is 12.9. The van der Waals surface area contributed by atoms with E-state index in [-0.39, 0.29) is 37.3 Å². The van der Waals surface area contributed by atoms with Gasteiger partial charge >= 0.3 is 6.03 Å². The Bertz CT molecular complexity index is 640. The summed E-state index contributed by atoms with van der Waals surface area (Å²) in [6, 6.07) is 5.27. The topological polar surface area (TPSA) is 120 Å². The van der Waals surface area contributed by atoms with E-state index in [0.717, 1.165) is 5.56 Å². The smallest absolute Gasteiger partial charge is 0.315 e. The molecule has 1 heterocycles. The van der Waals surface area contributed by atoms with Gasteiger partial charge in [-0.1, -0.05) is 12.1 Å². The molecule has 8 nitrogen and oxygen atoms in total. The van der Waals surface area contributed by atoms with Crippen LogP contribution in [-0.4, -0.2) is 59.2 Å². The third-order valence-electron chi connectivity index (χ3n) is 4.13. The molecule has 1 aromatic carbocycles. The summed E-state index contributed by atoms with van der Waals surface area (Å²) in [7, 11) is 0. The number of hydrogen-bond donors (Lipinski definition) is 5. The van der Waals surface area contributed by atoms with Crippen LogP contribution in [0, 0.1) is 5.82 Å². The van der Waals surface area contributed by atoms with Crippen LogP contribution in [0.3, 0.4) is 0 Å². The first-order valence-electron chi connectivity index (χ1n) is 8.83. The Labute approximate surface area is 157 Å². The predicted molar refractivity (Wildman–Crippen MR) is 95.2 cm³/mol. The number of halogens is 1. The molecule has 1 aromatic rings. The molecule has 1 saturated heterocycles. The van der Waals surface area contributed by atoms with E-state index in [1.165, 1.54) is 12.1 Å². The molecule has 0 unspecified atom stereocenters. The number of hydrogen-bond acceptors (Lipinski definition) is 5. The van der Waals surface area contributed by atoms with Crippen LogP contribution in [0.15, 0.2) is 24.3 Å². The maximum atomic E-state index is 12.9. The van der Waals surface area contributed by atoms with Crippen LogP contribution in [0.4, 0.5) is 9.18 Å². The van der Waals surface area contributed by atoms with E-state index >= 15 is 0 Å². The molecule has 0 saturated carbocycles. The summed E-state index contributed by atoms with van der Waals surface area (Å²) in [4.78, 5) is 23.6. The average molecular weight is 383 g/mol. The van der Waals surface area contributed by atoms with Crippen molar-refractivity contribution in [3.8, 4) is 0 Å². The Morgan fingerprint density at radius 3 is 2.37 bits per heavy atom. The number of rotatable bonds is 7. The standard InChI is InChI=1S/C18H26FN3O5/c1-10(2)22-18(26)21-9-14-17(25)16(24)13(27-14)7-15(23)20-8-11-3-5-12(19)6-4-11/h3-6,10,13-14,16-17,24-25H,7-9H2,1-2H3,(H,20,23)(H2,21,22,26)/t13-,14+,16+,17+/m0/s1. The summed E-state index contributed by atoms with van der Waals surface area (Å²) in [5.74, 6) is -0.731. The number of amides is 3. The Morgan fingerprint density at radius 1 is 1.11 bits per heavy atom. The molecule has 0 aliphatic carbocycles. The lowest BCUT2D eigenvalue weighted by atomic mass is 10.1. The van der Waals surface area contributed by atoms with Crippen LogP contribution >= 0.6 is 0 Å². The summed E-state index contributed by atoms with van der Waals surface area (Å²) in [6.45, 7) is 3.84. The first kappa shape index (κ1) is 21.1. The minimum atomic E-state index is -1.23. The van der Waals surface area contributed by atoms with E-state index in [2.05, 4.69) is 16.0 Å². The molecule has 1 aliphatic rings. The maximum Gasteiger partial charge on any atom is 0.315 e. The highest BCUT2D eigenvalue weighted by Crippen LogP contribution is 2.23. The van der Waals surface area contributed by atoms with Crippen molar-refractivity contribution in [3.05, 3.63) is 35.6 Å². The zero-order chi connectivity index (χ0) is 20.0. The predicted octanol–water partition coefficient (Wildman–Crippen LogP) is 0.0288. The lowest BCUT2D eigenvalue weighted by Crippen LogP contribution is -2.45. The van der Waals surface area contributed by atoms with E-state index in [9.17, 15) is 24.2 Å². The number of ether oxygens (including phenoxy) is 1. The highest BCUT2D eigenvalue weighted by atomic mass is 19.1. The monoisotopic (exact) mass is 383 g/mol. The molecule has 150 valence electrons. The first-order valence-corrected chi connectivity index (χ1v) is 8.83. The molecule has 0 aromatic heterocycles. The van der Waals surface area contributed by atoms with Crippen molar-refractivity contribution in [3.63, 3.8) is 0 Å². The van der Waals surface area contributed by atoms with Crippen LogP contribution in [0.5, 0.6) is 0 Å². The van der Waals surface area contributed by atoms with Crippen molar-refractivity contribution >= 4 is 11.9 Å². The number of urea groups is 1. The van der Waals surface area contributed by atoms with E-state index in [1.54, 1.807) is 12.1 Å². The third kappa shape index (κ3) is 6.46. The number of benzene rings is 1. The highest BCUT2D eigenvalue weighted by Gasteiger charge is 2.43. The van der Waals surface area contributed by atoms with Gasteiger partial charge in [0.05, 0.1) is 12.5 Å². The second-order valence-corrected chi connectivity index (χ2v) is 6.81. The highest BCUT2D eigenvalue weighted by molar-refractivity contribution is 5.76. The zero-order valence-corrected chi connectivity index (χ0v) is 15.3. The Kier molecular flexibility index (Phi) is 7.52. The van der Waals surface area contributed by atoms with Crippen molar-refractivity contribution in [2.75, 3.05) is 6.54 Å². The molecule has 4 atom stereocenters. The van der Waals surface area contributed by atoms with Crippen molar-refractivity contribution in [1.29, 1.82) is 0 Å². The fraction of sp³-hybridized carbons (Fsp3) is 0.556. The van der Waals surface area contributed by atoms with Crippen LogP contribution < -0.4 is 16.0 Å². The van der Waals surface area contributed by atoms with Crippen molar-refractivity contribution in [1.82, 2.24) is 16.0 Å². The largest absolute Gasteiger partial charge is 0.388 e. The quantitative estimate of drug-likeness (QED) is 0.455. The summed E-state index contributed by atoms with van der Waals surface area (Å²) in [6.07, 6.45) is -4.28. The molecule has 2 rings (SSSR count). The Balaban J connectivity index is 1.77. The molecule has 0 radical (unpaired) electrons. The summed E-state index contributed by atoms with van der Waals surface area (Å²) in [5, 5.41) is 28.0. The number of carbonyl (C=O) groups excluding carboxylic acids is 2. The van der Waals surface area contributed by atoms with Gasteiger partial charge in [0.25, 0.3) is 0 Å². The molecule has 1 aliphatic heterocycles. The van der Waals surface area contributed by atoms with Crippen LogP contribution in [0.25, 0.3) is 0 Å². The van der Waals surface area contributed by atoms with Crippen LogP contribution in [0.1, 0.15) is 25.8 Å². The van der Waals surface area contributed by atoms with Gasteiger partial charge in [0.1, 0.15) is 24.1 Å². The molecular formula is C18H26FN3O5. The lowest BCUT2D eigenvalue weighted by Gasteiger charge is -2.16. The molecule has 1 fully saturated rings. The fourth-order valence-electron chi connectivity index (χ4n) is 2.73. The molecular weight excluding hydrogens is 357 g/mol. The summed E-state index contributed by atoms with van der Waals surface area (Å²) < 4.78 is 18.4. The van der Waals surface area contributed by atoms with Gasteiger partial charge in [-0.3, -0.25) is 4.79 Å². The normalized spacial score (nSPS) is 24.7. The van der Waals surface area contributed by atoms with Gasteiger partial charge in [0.2, 0.25) is 5.91 Å². The van der Waals surface area contributed by atoms with E-state index in [0.29, 0.717) is 0 Å². The SMILES string of the molecule is CC(C)NC(=O)NC[C@H]1O[C@@H](CC(=O)NCc2ccc(F)cc2)[C@@H](O)[C@@H]1O. The minimum Gasteiger partial charge on any atom is -0.388 e. The van der Waals surface area contributed by atoms with Gasteiger partial charge in [0.15, 0.2) is 0 Å². The molecule has 0 bridgehead atoms. The van der Waals surface area contributed by atoms with Gasteiger partial charge in [-0.2, -0.15) is 0 Å². The van der Waals surface area contributed by atoms with E-state index in [4.69, 9.17) is 4.74 Å². The molecule has 0 spiro atoms. The van der Waals surface area contributed by atoms with Gasteiger partial charge in [-0.05, 0) is 31.5 Å². The Morgan fingerprint density at radius 2 is 1.74 bits per heavy atom. The van der Waals surface area contributed by atoms with Gasteiger partial charge in [-0.15, -0.1) is 0 Å². The van der Waals surface area contributed by atoms with E-state index in [1.807, 2.05) is 13.8 Å². The lowest BCUT2D eigenvalue weighted by molar-refractivity contribution is -0.125. The molecule has 27 heavy (non-hydrogen) atoms. The van der Waals surface area contributed by atoms with Crippen LogP contribution in [0.2, 0.25) is 0 Å². The molecule has 9 heteroatoms. The van der Waals surface area contributed by atoms with Gasteiger partial charge < -0.3 is 30.9 Å². The molecule has 5 N–H and O–H groups in total. The fourth-order valence-corrected chi connectivity index (χ4v) is 2.73. The second kappa shape index (κ2) is 9.63. The van der Waals surface area contributed by atoms with Crippen molar-refractivity contribution < 1.29 is 28.9 Å².